The molecule has 0 spiro atoms. The van der Waals surface area contributed by atoms with E-state index in [0.717, 1.165) is 11.1 Å². The predicted molar refractivity (Wildman–Crippen MR) is 155 cm³/mol. The first-order valence-electron chi connectivity index (χ1n) is 12.9. The van der Waals surface area contributed by atoms with Crippen LogP contribution in [0, 0.1) is 19.7 Å². The number of rotatable bonds is 7. The number of amides is 2. The van der Waals surface area contributed by atoms with E-state index in [1.165, 1.54) is 37.6 Å². The molecule has 1 aliphatic heterocycles. The number of ether oxygens (including phenoxy) is 2. The van der Waals surface area contributed by atoms with Crippen LogP contribution in [0.2, 0.25) is 0 Å². The van der Waals surface area contributed by atoms with Crippen molar-refractivity contribution in [3.63, 3.8) is 0 Å². The van der Waals surface area contributed by atoms with Gasteiger partial charge >= 0.3 is 0 Å². The van der Waals surface area contributed by atoms with Gasteiger partial charge in [-0.1, -0.05) is 23.8 Å². The molecule has 0 radical (unpaired) electrons. The zero-order valence-electron chi connectivity index (χ0n) is 23.3. The van der Waals surface area contributed by atoms with E-state index in [0.29, 0.717) is 45.5 Å². The molecule has 1 aliphatic rings. The molecule has 0 saturated carbocycles. The second-order valence-electron chi connectivity index (χ2n) is 9.77. The molecular formula is C31H30FN5O4. The van der Waals surface area contributed by atoms with Gasteiger partial charge in [0.15, 0.2) is 11.5 Å². The van der Waals surface area contributed by atoms with Crippen LogP contribution in [0.25, 0.3) is 0 Å². The fourth-order valence-corrected chi connectivity index (χ4v) is 4.92. The van der Waals surface area contributed by atoms with E-state index in [1.807, 2.05) is 38.1 Å². The highest BCUT2D eigenvalue weighted by atomic mass is 19.1. The van der Waals surface area contributed by atoms with Gasteiger partial charge in [-0.25, -0.2) is 9.07 Å². The van der Waals surface area contributed by atoms with Crippen LogP contribution in [0.4, 0.5) is 21.6 Å². The molecule has 0 aliphatic carbocycles. The highest BCUT2D eigenvalue weighted by molar-refractivity contribution is 6.09. The van der Waals surface area contributed by atoms with Crippen molar-refractivity contribution in [3.05, 3.63) is 106 Å². The Morgan fingerprint density at radius 3 is 2.32 bits per heavy atom. The summed E-state index contributed by atoms with van der Waals surface area (Å²) < 4.78 is 25.9. The fourth-order valence-electron chi connectivity index (χ4n) is 4.92. The lowest BCUT2D eigenvalue weighted by Gasteiger charge is -2.30. The molecule has 0 bridgehead atoms. The summed E-state index contributed by atoms with van der Waals surface area (Å²) in [7, 11) is 3.09. The van der Waals surface area contributed by atoms with Crippen molar-refractivity contribution < 1.29 is 23.5 Å². The number of anilines is 3. The lowest BCUT2D eigenvalue weighted by molar-refractivity contribution is -0.113. The van der Waals surface area contributed by atoms with E-state index in [2.05, 4.69) is 21.0 Å². The first kappa shape index (κ1) is 27.4. The monoisotopic (exact) mass is 555 g/mol. The summed E-state index contributed by atoms with van der Waals surface area (Å²) >= 11 is 0. The number of fused-ring (bicyclic) bond motifs is 1. The molecule has 10 heteroatoms. The van der Waals surface area contributed by atoms with Gasteiger partial charge in [0.1, 0.15) is 23.2 Å². The highest BCUT2D eigenvalue weighted by Gasteiger charge is 2.36. The third-order valence-electron chi connectivity index (χ3n) is 6.97. The lowest BCUT2D eigenvalue weighted by Crippen LogP contribution is -2.32. The number of allylic oxidation sites excluding steroid dienone is 1. The summed E-state index contributed by atoms with van der Waals surface area (Å²) in [4.78, 5) is 27.1. The maximum atomic E-state index is 13.9. The molecule has 2 amide bonds. The van der Waals surface area contributed by atoms with Crippen molar-refractivity contribution in [2.24, 2.45) is 0 Å². The van der Waals surface area contributed by atoms with Crippen LogP contribution in [0.1, 0.15) is 40.0 Å². The SMILES string of the molecule is COc1ccc([C@@H]2C(C(=O)Nc3ccc(C)cc3C)=C(C)Nc3c(C(=O)Nc4ccc(F)cc4)cnn32)cc1OC. The first-order valence-corrected chi connectivity index (χ1v) is 12.9. The molecule has 1 aromatic heterocycles. The van der Waals surface area contributed by atoms with Gasteiger partial charge in [0.05, 0.1) is 26.0 Å². The number of halogens is 1. The normalized spacial score (nSPS) is 14.1. The Morgan fingerprint density at radius 1 is 0.902 bits per heavy atom. The van der Waals surface area contributed by atoms with E-state index in [1.54, 1.807) is 30.8 Å². The Hall–Kier alpha value is -5.12. The summed E-state index contributed by atoms with van der Waals surface area (Å²) in [5.41, 5.74) is 5.07. The van der Waals surface area contributed by atoms with E-state index in [9.17, 15) is 14.0 Å². The molecule has 0 saturated heterocycles. The van der Waals surface area contributed by atoms with Gasteiger partial charge in [0.25, 0.3) is 11.8 Å². The minimum Gasteiger partial charge on any atom is -0.493 e. The van der Waals surface area contributed by atoms with Crippen molar-refractivity contribution in [2.45, 2.75) is 26.8 Å². The van der Waals surface area contributed by atoms with Gasteiger partial charge in [0.2, 0.25) is 0 Å². The fraction of sp³-hybridized carbons (Fsp3) is 0.194. The van der Waals surface area contributed by atoms with Gasteiger partial charge in [-0.15, -0.1) is 0 Å². The summed E-state index contributed by atoms with van der Waals surface area (Å²) in [5.74, 6) is 0.265. The van der Waals surface area contributed by atoms with E-state index in [4.69, 9.17) is 9.47 Å². The third-order valence-corrected chi connectivity index (χ3v) is 6.97. The Labute approximate surface area is 237 Å². The van der Waals surface area contributed by atoms with Crippen LogP contribution in [-0.2, 0) is 4.79 Å². The van der Waals surface area contributed by atoms with Crippen LogP contribution < -0.4 is 25.4 Å². The van der Waals surface area contributed by atoms with Crippen LogP contribution >= 0.6 is 0 Å². The smallest absolute Gasteiger partial charge is 0.261 e. The molecule has 0 unspecified atom stereocenters. The molecule has 0 fully saturated rings. The second-order valence-corrected chi connectivity index (χ2v) is 9.77. The number of aromatic nitrogens is 2. The standard InChI is InChI=1S/C31H30FN5O4/c1-17-6-12-24(18(2)14-17)36-31(39)27-19(3)34-29-23(30(38)35-22-10-8-21(32)9-11-22)16-33-37(29)28(27)20-7-13-25(40-4)26(15-20)41-5/h6-16,28,34H,1-5H3,(H,35,38)(H,36,39)/t28-/m1/s1. The number of nitrogens with one attached hydrogen (secondary N) is 3. The van der Waals surface area contributed by atoms with Gasteiger partial charge in [-0.3, -0.25) is 9.59 Å². The Kier molecular flexibility index (Phi) is 7.47. The molecule has 2 heterocycles. The second kappa shape index (κ2) is 11.2. The average molecular weight is 556 g/mol. The zero-order valence-corrected chi connectivity index (χ0v) is 23.3. The maximum absolute atomic E-state index is 13.9. The quantitative estimate of drug-likeness (QED) is 0.265. The van der Waals surface area contributed by atoms with E-state index >= 15 is 0 Å². The molecule has 3 N–H and O–H groups in total. The molecule has 1 atom stereocenters. The number of carbonyl (C=O) groups excluding carboxylic acids is 2. The summed E-state index contributed by atoms with van der Waals surface area (Å²) in [6.07, 6.45) is 1.44. The first-order chi connectivity index (χ1) is 19.7. The number of benzene rings is 3. The number of hydrogen-bond donors (Lipinski definition) is 3. The predicted octanol–water partition coefficient (Wildman–Crippen LogP) is 5.84. The molecule has 9 nitrogen and oxygen atoms in total. The summed E-state index contributed by atoms with van der Waals surface area (Å²) in [6.45, 7) is 5.71. The van der Waals surface area contributed by atoms with Crippen LogP contribution in [0.15, 0.2) is 78.1 Å². The number of aryl methyl sites for hydroxylation is 2. The average Bonchev–Trinajstić information content (AvgIpc) is 3.38. The highest BCUT2D eigenvalue weighted by Crippen LogP contribution is 2.40. The topological polar surface area (TPSA) is 107 Å². The third kappa shape index (κ3) is 5.36. The lowest BCUT2D eigenvalue weighted by atomic mass is 9.94. The van der Waals surface area contributed by atoms with Gasteiger partial charge in [-0.2, -0.15) is 5.10 Å². The molecule has 210 valence electrons. The molecule has 41 heavy (non-hydrogen) atoms. The molecule has 5 rings (SSSR count). The number of methoxy groups -OCH3 is 2. The van der Waals surface area contributed by atoms with Gasteiger partial charge in [0, 0.05) is 17.1 Å². The Balaban J connectivity index is 1.58. The van der Waals surface area contributed by atoms with Crippen LogP contribution in [-0.4, -0.2) is 35.8 Å². The van der Waals surface area contributed by atoms with Gasteiger partial charge in [-0.05, 0) is 74.4 Å². The minimum atomic E-state index is -0.704. The number of carbonyl (C=O) groups is 2. The van der Waals surface area contributed by atoms with Crippen molar-refractivity contribution >= 4 is 29.0 Å². The largest absolute Gasteiger partial charge is 0.493 e. The van der Waals surface area contributed by atoms with Crippen LogP contribution in [0.5, 0.6) is 11.5 Å². The van der Waals surface area contributed by atoms with Crippen molar-refractivity contribution in [1.82, 2.24) is 9.78 Å². The maximum Gasteiger partial charge on any atom is 0.261 e. The summed E-state index contributed by atoms with van der Waals surface area (Å²) in [5, 5.41) is 13.6. The molecular weight excluding hydrogens is 525 g/mol. The summed E-state index contributed by atoms with van der Waals surface area (Å²) in [6, 6.07) is 16.0. The van der Waals surface area contributed by atoms with Crippen LogP contribution in [0.3, 0.4) is 0 Å². The van der Waals surface area contributed by atoms with Crippen molar-refractivity contribution in [3.8, 4) is 11.5 Å². The molecule has 3 aromatic carbocycles. The zero-order chi connectivity index (χ0) is 29.3. The minimum absolute atomic E-state index is 0.257. The Morgan fingerprint density at radius 2 is 1.63 bits per heavy atom. The van der Waals surface area contributed by atoms with E-state index in [-0.39, 0.29) is 11.5 Å². The van der Waals surface area contributed by atoms with E-state index < -0.39 is 17.8 Å². The Bertz CT molecular complexity index is 1680. The van der Waals surface area contributed by atoms with Gasteiger partial charge < -0.3 is 25.4 Å². The molecule has 4 aromatic rings. The van der Waals surface area contributed by atoms with Crippen molar-refractivity contribution in [1.29, 1.82) is 0 Å². The van der Waals surface area contributed by atoms with Crippen molar-refractivity contribution in [2.75, 3.05) is 30.2 Å². The number of hydrogen-bond acceptors (Lipinski definition) is 6. The number of nitrogens with zero attached hydrogens (tertiary/aromatic N) is 2.